The van der Waals surface area contributed by atoms with Crippen LogP contribution >= 0.6 is 0 Å². The van der Waals surface area contributed by atoms with Crippen LogP contribution in [0.25, 0.3) is 0 Å². The molecule has 2 rings (SSSR count). The van der Waals surface area contributed by atoms with E-state index in [0.717, 1.165) is 18.9 Å². The zero-order chi connectivity index (χ0) is 18.6. The first-order valence-corrected chi connectivity index (χ1v) is 8.57. The highest BCUT2D eigenvalue weighted by Gasteiger charge is 2.35. The number of nitrogens with zero attached hydrogens (tertiary/aromatic N) is 1. The van der Waals surface area contributed by atoms with Crippen molar-refractivity contribution in [3.63, 3.8) is 0 Å². The quantitative estimate of drug-likeness (QED) is 0.750. The van der Waals surface area contributed by atoms with Crippen molar-refractivity contribution in [1.29, 1.82) is 0 Å². The minimum atomic E-state index is -4.34. The molecule has 0 heterocycles. The van der Waals surface area contributed by atoms with Crippen molar-refractivity contribution in [3.8, 4) is 0 Å². The van der Waals surface area contributed by atoms with Gasteiger partial charge in [-0.3, -0.25) is 9.69 Å². The highest BCUT2D eigenvalue weighted by atomic mass is 19.4. The Morgan fingerprint density at radius 2 is 2.00 bits per heavy atom. The number of hydrogen-bond donors (Lipinski definition) is 2. The van der Waals surface area contributed by atoms with Gasteiger partial charge in [0.15, 0.2) is 0 Å². The van der Waals surface area contributed by atoms with E-state index in [2.05, 4.69) is 5.32 Å². The highest BCUT2D eigenvalue weighted by molar-refractivity contribution is 5.69. The molecule has 0 aromatic heterocycles. The largest absolute Gasteiger partial charge is 0.480 e. The van der Waals surface area contributed by atoms with Gasteiger partial charge in [-0.2, -0.15) is 13.2 Å². The van der Waals surface area contributed by atoms with E-state index in [1.165, 1.54) is 12.1 Å². The Hall–Kier alpha value is -1.60. The lowest BCUT2D eigenvalue weighted by atomic mass is 9.84. The van der Waals surface area contributed by atoms with Gasteiger partial charge in [0.05, 0.1) is 12.1 Å². The maximum Gasteiger partial charge on any atom is 0.416 e. The summed E-state index contributed by atoms with van der Waals surface area (Å²) in [7, 11) is 0. The van der Waals surface area contributed by atoms with Gasteiger partial charge in [0.25, 0.3) is 0 Å². The van der Waals surface area contributed by atoms with E-state index in [1.54, 1.807) is 6.07 Å². The number of halogens is 3. The van der Waals surface area contributed by atoms with Gasteiger partial charge in [0.1, 0.15) is 0 Å². The van der Waals surface area contributed by atoms with Crippen LogP contribution in [0.1, 0.15) is 37.8 Å². The number of carboxylic acid groups (broad SMARTS) is 1. The van der Waals surface area contributed by atoms with E-state index < -0.39 is 17.7 Å². The zero-order valence-electron chi connectivity index (χ0n) is 14.5. The molecule has 1 aromatic carbocycles. The predicted molar refractivity (Wildman–Crippen MR) is 89.4 cm³/mol. The molecule has 1 aromatic rings. The molecule has 140 valence electrons. The second-order valence-corrected chi connectivity index (χ2v) is 6.71. The molecule has 2 N–H and O–H groups in total. The Bertz CT molecular complexity index is 586. The van der Waals surface area contributed by atoms with Crippen molar-refractivity contribution in [2.24, 2.45) is 0 Å². The summed E-state index contributed by atoms with van der Waals surface area (Å²) < 4.78 is 39.1. The van der Waals surface area contributed by atoms with Crippen LogP contribution in [0.4, 0.5) is 13.2 Å². The maximum absolute atomic E-state index is 13.0. The summed E-state index contributed by atoms with van der Waals surface area (Å²) in [6.07, 6.45) is -2.38. The Morgan fingerprint density at radius 3 is 2.56 bits per heavy atom. The van der Waals surface area contributed by atoms with Gasteiger partial charge in [-0.25, -0.2) is 0 Å². The van der Waals surface area contributed by atoms with Gasteiger partial charge in [0.2, 0.25) is 0 Å². The standard InChI is InChI=1S/C18H25F3N2O2/c1-3-23(11-17(24)25)15-9-14(10-15)22-12(2)8-13-6-4-5-7-16(13)18(19,20)21/h4-7,12,14-15,22H,3,8-11H2,1-2H3,(H,24,25). The van der Waals surface area contributed by atoms with Crippen LogP contribution < -0.4 is 5.32 Å². The van der Waals surface area contributed by atoms with Gasteiger partial charge in [-0.1, -0.05) is 25.1 Å². The topological polar surface area (TPSA) is 52.6 Å². The van der Waals surface area contributed by atoms with Crippen molar-refractivity contribution in [2.45, 2.75) is 57.4 Å². The predicted octanol–water partition coefficient (Wildman–Crippen LogP) is 3.16. The third-order valence-electron chi connectivity index (χ3n) is 4.74. The van der Waals surface area contributed by atoms with Crippen LogP contribution in [0, 0.1) is 0 Å². The van der Waals surface area contributed by atoms with Crippen molar-refractivity contribution in [2.75, 3.05) is 13.1 Å². The molecule has 25 heavy (non-hydrogen) atoms. The first-order chi connectivity index (χ1) is 11.7. The lowest BCUT2D eigenvalue weighted by Crippen LogP contribution is -2.55. The van der Waals surface area contributed by atoms with Gasteiger partial charge >= 0.3 is 12.1 Å². The number of carbonyl (C=O) groups is 1. The molecule has 1 unspecified atom stereocenters. The van der Waals surface area contributed by atoms with E-state index in [0.29, 0.717) is 18.5 Å². The molecular weight excluding hydrogens is 333 g/mol. The molecular formula is C18H25F3N2O2. The Labute approximate surface area is 146 Å². The third kappa shape index (κ3) is 5.44. The fourth-order valence-corrected chi connectivity index (χ4v) is 3.46. The van der Waals surface area contributed by atoms with E-state index in [1.807, 2.05) is 18.7 Å². The molecule has 0 aliphatic heterocycles. The second kappa shape index (κ2) is 8.19. The molecule has 1 atom stereocenters. The number of alkyl halides is 3. The van der Waals surface area contributed by atoms with Crippen molar-refractivity contribution >= 4 is 5.97 Å². The number of aliphatic carboxylic acids is 1. The average molecular weight is 358 g/mol. The molecule has 0 amide bonds. The molecule has 4 nitrogen and oxygen atoms in total. The third-order valence-corrected chi connectivity index (χ3v) is 4.74. The van der Waals surface area contributed by atoms with Crippen LogP contribution in [-0.2, 0) is 17.4 Å². The molecule has 1 fully saturated rings. The first-order valence-electron chi connectivity index (χ1n) is 8.57. The summed E-state index contributed by atoms with van der Waals surface area (Å²) in [5.41, 5.74) is -0.277. The van der Waals surface area contributed by atoms with E-state index in [4.69, 9.17) is 5.11 Å². The number of nitrogens with one attached hydrogen (secondary N) is 1. The molecule has 1 aliphatic rings. The van der Waals surface area contributed by atoms with E-state index >= 15 is 0 Å². The van der Waals surface area contributed by atoms with Crippen LogP contribution in [0.2, 0.25) is 0 Å². The monoisotopic (exact) mass is 358 g/mol. The van der Waals surface area contributed by atoms with E-state index in [9.17, 15) is 18.0 Å². The van der Waals surface area contributed by atoms with Crippen molar-refractivity contribution in [1.82, 2.24) is 10.2 Å². The minimum absolute atomic E-state index is 0.0302. The Morgan fingerprint density at radius 1 is 1.36 bits per heavy atom. The smallest absolute Gasteiger partial charge is 0.416 e. The van der Waals surface area contributed by atoms with Crippen LogP contribution in [0.5, 0.6) is 0 Å². The summed E-state index contributed by atoms with van der Waals surface area (Å²) >= 11 is 0. The lowest BCUT2D eigenvalue weighted by Gasteiger charge is -2.43. The molecule has 0 bridgehead atoms. The summed E-state index contributed by atoms with van der Waals surface area (Å²) in [4.78, 5) is 12.8. The van der Waals surface area contributed by atoms with Gasteiger partial charge in [-0.15, -0.1) is 0 Å². The van der Waals surface area contributed by atoms with E-state index in [-0.39, 0.29) is 24.7 Å². The normalized spacial score (nSPS) is 21.8. The first kappa shape index (κ1) is 19.7. The molecule has 0 radical (unpaired) electrons. The summed E-state index contributed by atoms with van der Waals surface area (Å²) in [6, 6.07) is 6.05. The molecule has 0 spiro atoms. The van der Waals surface area contributed by atoms with Crippen LogP contribution in [0.15, 0.2) is 24.3 Å². The number of benzene rings is 1. The van der Waals surface area contributed by atoms with Gasteiger partial charge in [0, 0.05) is 18.1 Å². The van der Waals surface area contributed by atoms with Gasteiger partial charge < -0.3 is 10.4 Å². The van der Waals surface area contributed by atoms with Crippen LogP contribution in [-0.4, -0.2) is 47.2 Å². The summed E-state index contributed by atoms with van der Waals surface area (Å²) in [5, 5.41) is 12.3. The molecule has 0 saturated heterocycles. The fourth-order valence-electron chi connectivity index (χ4n) is 3.46. The average Bonchev–Trinajstić information content (AvgIpc) is 2.47. The second-order valence-electron chi connectivity index (χ2n) is 6.71. The maximum atomic E-state index is 13.0. The van der Waals surface area contributed by atoms with Crippen molar-refractivity contribution < 1.29 is 23.1 Å². The van der Waals surface area contributed by atoms with Gasteiger partial charge in [-0.05, 0) is 44.4 Å². The molecule has 1 saturated carbocycles. The number of likely N-dealkylation sites (N-methyl/N-ethyl adjacent to an activating group) is 1. The summed E-state index contributed by atoms with van der Waals surface area (Å²) in [6.45, 7) is 4.52. The zero-order valence-corrected chi connectivity index (χ0v) is 14.5. The molecule has 7 heteroatoms. The van der Waals surface area contributed by atoms with Crippen molar-refractivity contribution in [3.05, 3.63) is 35.4 Å². The SMILES string of the molecule is CCN(CC(=O)O)C1CC(NC(C)Cc2ccccc2C(F)(F)F)C1. The highest BCUT2D eigenvalue weighted by Crippen LogP contribution is 2.32. The summed E-state index contributed by atoms with van der Waals surface area (Å²) in [5.74, 6) is -0.838. The minimum Gasteiger partial charge on any atom is -0.480 e. The lowest BCUT2D eigenvalue weighted by molar-refractivity contribution is -0.140. The fraction of sp³-hybridized carbons (Fsp3) is 0.611. The number of carboxylic acids is 1. The number of rotatable bonds is 8. The Balaban J connectivity index is 1.85. The Kier molecular flexibility index (Phi) is 6.46. The van der Waals surface area contributed by atoms with Crippen LogP contribution in [0.3, 0.4) is 0 Å². The molecule has 1 aliphatic carbocycles. The number of hydrogen-bond acceptors (Lipinski definition) is 3.